The number of aromatic nitrogens is 4. The van der Waals surface area contributed by atoms with Crippen LogP contribution in [0, 0.1) is 0 Å². The van der Waals surface area contributed by atoms with E-state index in [1.54, 1.807) is 115 Å². The van der Waals surface area contributed by atoms with Crippen LogP contribution < -0.4 is 47.3 Å². The Balaban J connectivity index is 0.000000226. The Kier molecular flexibility index (Phi) is 21.1. The third kappa shape index (κ3) is 18.0. The van der Waals surface area contributed by atoms with Crippen molar-refractivity contribution in [3.8, 4) is 46.3 Å². The molecule has 27 heteroatoms. The number of para-hydroxylation sites is 4. The van der Waals surface area contributed by atoms with Crippen molar-refractivity contribution in [3.05, 3.63) is 137 Å². The maximum atomic E-state index is 13.6. The summed E-state index contributed by atoms with van der Waals surface area (Å²) < 4.78 is 149. The van der Waals surface area contributed by atoms with E-state index in [1.807, 2.05) is 0 Å². The molecular formula is C60H74N8O14S5. The van der Waals surface area contributed by atoms with E-state index < -0.39 is 40.1 Å². The van der Waals surface area contributed by atoms with Crippen LogP contribution >= 0.6 is 11.3 Å². The first kappa shape index (κ1) is 65.8. The lowest BCUT2D eigenvalue weighted by Gasteiger charge is -2.20. The Labute approximate surface area is 514 Å². The second kappa shape index (κ2) is 27.9. The molecule has 3 aromatic heterocycles. The number of hydrogen-bond donors (Lipinski definition) is 4. The third-order valence-electron chi connectivity index (χ3n) is 13.5. The molecule has 87 heavy (non-hydrogen) atoms. The predicted octanol–water partition coefficient (Wildman–Crippen LogP) is 11.0. The van der Waals surface area contributed by atoms with Gasteiger partial charge in [0, 0.05) is 24.9 Å². The van der Waals surface area contributed by atoms with E-state index in [0.717, 1.165) is 48.1 Å². The smallest absolute Gasteiger partial charge is 0.263 e. The number of sulfonamides is 4. The molecule has 0 spiro atoms. The van der Waals surface area contributed by atoms with E-state index in [9.17, 15) is 33.7 Å². The van der Waals surface area contributed by atoms with Crippen LogP contribution in [-0.2, 0) is 50.9 Å². The van der Waals surface area contributed by atoms with Crippen molar-refractivity contribution in [2.24, 2.45) is 0 Å². The fourth-order valence-electron chi connectivity index (χ4n) is 8.23. The van der Waals surface area contributed by atoms with Gasteiger partial charge in [0.15, 0.2) is 34.6 Å². The van der Waals surface area contributed by atoms with Crippen LogP contribution in [0.15, 0.2) is 129 Å². The molecule has 7 aromatic rings. The summed E-state index contributed by atoms with van der Waals surface area (Å²) in [6, 6.07) is 30.4. The van der Waals surface area contributed by atoms with Crippen LogP contribution in [0.25, 0.3) is 0 Å². The number of hydrogen-bond acceptors (Lipinski definition) is 19. The van der Waals surface area contributed by atoms with E-state index in [4.69, 9.17) is 28.4 Å². The average molecular weight is 1290 g/mol. The highest BCUT2D eigenvalue weighted by molar-refractivity contribution is 7.93. The Morgan fingerprint density at radius 1 is 0.506 bits per heavy atom. The first-order valence-corrected chi connectivity index (χ1v) is 35.2. The zero-order chi connectivity index (χ0) is 62.8. The standard InChI is InChI=1S/C31H36N4O7S3.C29H38N4O7S2/c1-31(2,3)22-14-16-23(17-15-22)44(36,37)35-29-27(42-25-10-6-5-9-24(25)40-4)30(34-28(33-29)21-12-13-21)41-19-8-18-32-45(38,39)26-11-7-20-43-26;1-6-41(34,35)30-18-9-19-39-28-25(40-24-11-8-7-10-23(24)38-5)27(31-26(32-28)20-12-13-20)33-42(36,37)22-16-14-21(15-17-22)29(2,3)4/h5-7,9-11,14-17,20-21,32H,8,12-13,18-19H2,1-4H3,(H,33,34,35);7-8,10-11,14-17,20,30H,6,9,12-13,18-19H2,1-5H3,(H,31,32,33). The maximum absolute atomic E-state index is 13.6. The molecule has 4 N–H and O–H groups in total. The summed E-state index contributed by atoms with van der Waals surface area (Å²) in [5.41, 5.74) is 1.71. The lowest BCUT2D eigenvalue weighted by Crippen LogP contribution is -2.27. The number of methoxy groups -OCH3 is 2. The van der Waals surface area contributed by atoms with Crippen LogP contribution in [0.4, 0.5) is 11.6 Å². The van der Waals surface area contributed by atoms with Gasteiger partial charge in [0.05, 0.1) is 43.0 Å². The molecule has 2 fully saturated rings. The number of ether oxygens (including phenoxy) is 6. The molecule has 0 atom stereocenters. The molecule has 0 amide bonds. The first-order valence-electron chi connectivity index (χ1n) is 28.2. The summed E-state index contributed by atoms with van der Waals surface area (Å²) in [6.07, 6.45) is 4.10. The summed E-state index contributed by atoms with van der Waals surface area (Å²) in [4.78, 5) is 18.5. The highest BCUT2D eigenvalue weighted by atomic mass is 32.2. The fourth-order valence-corrected chi connectivity index (χ4v) is 13.0. The second-order valence-corrected chi connectivity index (χ2v) is 30.9. The zero-order valence-electron chi connectivity index (χ0n) is 49.9. The largest absolute Gasteiger partial charge is 0.493 e. The zero-order valence-corrected chi connectivity index (χ0v) is 54.0. The molecule has 4 aromatic carbocycles. The Hall–Kier alpha value is -7.14. The monoisotopic (exact) mass is 1290 g/mol. The van der Waals surface area contributed by atoms with Crippen LogP contribution in [0.5, 0.6) is 46.3 Å². The van der Waals surface area contributed by atoms with Gasteiger partial charge in [0.2, 0.25) is 31.5 Å². The highest BCUT2D eigenvalue weighted by Crippen LogP contribution is 2.47. The number of rotatable bonds is 28. The lowest BCUT2D eigenvalue weighted by molar-refractivity contribution is 0.281. The first-order chi connectivity index (χ1) is 41.2. The van der Waals surface area contributed by atoms with Gasteiger partial charge in [-0.25, -0.2) is 53.1 Å². The molecule has 9 rings (SSSR count). The fraction of sp³-hybridized carbons (Fsp3) is 0.400. The van der Waals surface area contributed by atoms with Crippen LogP contribution in [0.3, 0.4) is 0 Å². The van der Waals surface area contributed by atoms with Crippen molar-refractivity contribution >= 4 is 63.1 Å². The molecule has 0 saturated heterocycles. The Bertz CT molecular complexity index is 3950. The molecule has 0 unspecified atom stereocenters. The van der Waals surface area contributed by atoms with Crippen LogP contribution in [0.1, 0.15) is 122 Å². The molecular weight excluding hydrogens is 1220 g/mol. The van der Waals surface area contributed by atoms with Gasteiger partial charge in [-0.15, -0.1) is 11.3 Å². The van der Waals surface area contributed by atoms with Crippen molar-refractivity contribution in [2.45, 2.75) is 124 Å². The van der Waals surface area contributed by atoms with Crippen LogP contribution in [-0.4, -0.2) is 99.9 Å². The topological polar surface area (TPSA) is 292 Å². The van der Waals surface area contributed by atoms with Gasteiger partial charge in [0.25, 0.3) is 31.8 Å². The summed E-state index contributed by atoms with van der Waals surface area (Å²) in [6.45, 7) is 14.3. The predicted molar refractivity (Wildman–Crippen MR) is 333 cm³/mol. The van der Waals surface area contributed by atoms with Crippen molar-refractivity contribution in [2.75, 3.05) is 55.7 Å². The van der Waals surface area contributed by atoms with Gasteiger partial charge in [-0.1, -0.05) is 96.1 Å². The summed E-state index contributed by atoms with van der Waals surface area (Å²) in [5, 5.41) is 1.69. The molecule has 0 bridgehead atoms. The normalized spacial score (nSPS) is 13.9. The molecule has 468 valence electrons. The minimum absolute atomic E-state index is 0.0240. The van der Waals surface area contributed by atoms with E-state index in [1.165, 1.54) is 20.3 Å². The maximum Gasteiger partial charge on any atom is 0.263 e. The SMILES string of the molecule is CCS(=O)(=O)NCCCOc1nc(C2CC2)nc(NS(=O)(=O)c2ccc(C(C)(C)C)cc2)c1Oc1ccccc1OC.COc1ccccc1Oc1c(NS(=O)(=O)c2ccc(C(C)(C)C)cc2)nc(C2CC2)nc1OCCCNS(=O)(=O)c1cccs1. The molecule has 0 aliphatic heterocycles. The lowest BCUT2D eigenvalue weighted by atomic mass is 9.87. The molecule has 2 aliphatic rings. The number of thiophene rings is 1. The number of nitrogens with one attached hydrogen (secondary N) is 4. The van der Waals surface area contributed by atoms with Crippen molar-refractivity contribution in [1.29, 1.82) is 0 Å². The minimum Gasteiger partial charge on any atom is -0.493 e. The number of anilines is 2. The molecule has 2 saturated carbocycles. The minimum atomic E-state index is -4.09. The van der Waals surface area contributed by atoms with Gasteiger partial charge in [-0.3, -0.25) is 9.44 Å². The number of nitrogens with zero attached hydrogens (tertiary/aromatic N) is 4. The van der Waals surface area contributed by atoms with E-state index in [0.29, 0.717) is 47.5 Å². The van der Waals surface area contributed by atoms with Crippen LogP contribution in [0.2, 0.25) is 0 Å². The molecule has 22 nitrogen and oxygen atoms in total. The van der Waals surface area contributed by atoms with Gasteiger partial charge < -0.3 is 28.4 Å². The molecule has 0 radical (unpaired) electrons. The van der Waals surface area contributed by atoms with E-state index >= 15 is 0 Å². The molecule has 3 heterocycles. The highest BCUT2D eigenvalue weighted by Gasteiger charge is 2.34. The second-order valence-electron chi connectivity index (χ2n) is 22.5. The van der Waals surface area contributed by atoms with Gasteiger partial charge >= 0.3 is 0 Å². The van der Waals surface area contributed by atoms with Gasteiger partial charge in [-0.05, 0) is 127 Å². The summed E-state index contributed by atoms with van der Waals surface area (Å²) >= 11 is 1.13. The Morgan fingerprint density at radius 3 is 1.26 bits per heavy atom. The quantitative estimate of drug-likeness (QED) is 0.0331. The number of benzene rings is 4. The van der Waals surface area contributed by atoms with Gasteiger partial charge in [0.1, 0.15) is 15.9 Å². The molecule has 2 aliphatic carbocycles. The third-order valence-corrected chi connectivity index (χ3v) is 20.5. The van der Waals surface area contributed by atoms with Crippen molar-refractivity contribution in [3.63, 3.8) is 0 Å². The summed E-state index contributed by atoms with van der Waals surface area (Å²) in [7, 11) is -12.1. The van der Waals surface area contributed by atoms with Crippen molar-refractivity contribution < 1.29 is 62.1 Å². The average Bonchev–Trinajstić information content (AvgIpc) is 2.05. The summed E-state index contributed by atoms with van der Waals surface area (Å²) in [5.74, 6) is 2.22. The van der Waals surface area contributed by atoms with E-state index in [-0.39, 0.29) is 104 Å². The van der Waals surface area contributed by atoms with E-state index in [2.05, 4.69) is 80.4 Å². The Morgan fingerprint density at radius 2 is 0.908 bits per heavy atom. The van der Waals surface area contributed by atoms with Gasteiger partial charge in [-0.2, -0.15) is 9.97 Å². The van der Waals surface area contributed by atoms with Crippen molar-refractivity contribution in [1.82, 2.24) is 29.4 Å².